The molecule has 0 aliphatic heterocycles. The van der Waals surface area contributed by atoms with Crippen LogP contribution in [0.1, 0.15) is 44.6 Å². The summed E-state index contributed by atoms with van der Waals surface area (Å²) >= 11 is 0. The molecule has 1 aromatic rings. The number of quaternary nitrogens is 1. The highest BCUT2D eigenvalue weighted by molar-refractivity contribution is 5.79. The molecule has 3 nitrogen and oxygen atoms in total. The Balaban J connectivity index is 1.24. The van der Waals surface area contributed by atoms with E-state index in [9.17, 15) is 9.18 Å². The van der Waals surface area contributed by atoms with E-state index in [1.165, 1.54) is 44.2 Å². The summed E-state index contributed by atoms with van der Waals surface area (Å²) in [5, 5.41) is 5.42. The van der Waals surface area contributed by atoms with Crippen molar-refractivity contribution in [1.29, 1.82) is 0 Å². The van der Waals surface area contributed by atoms with Crippen LogP contribution in [-0.2, 0) is 11.2 Å². The van der Waals surface area contributed by atoms with Gasteiger partial charge in [0.1, 0.15) is 5.82 Å². The summed E-state index contributed by atoms with van der Waals surface area (Å²) in [5.41, 5.74) is 1.05. The van der Waals surface area contributed by atoms with E-state index < -0.39 is 0 Å². The molecule has 4 aliphatic rings. The lowest BCUT2D eigenvalue weighted by atomic mass is 9.54. The van der Waals surface area contributed by atoms with Gasteiger partial charge in [0, 0.05) is 18.4 Å². The van der Waals surface area contributed by atoms with E-state index in [4.69, 9.17) is 0 Å². The molecular weight excluding hydrogens is 315 g/mol. The molecule has 4 saturated carbocycles. The lowest BCUT2D eigenvalue weighted by Gasteiger charge is -2.53. The van der Waals surface area contributed by atoms with Crippen LogP contribution in [-0.4, -0.2) is 24.5 Å². The van der Waals surface area contributed by atoms with Gasteiger partial charge in [-0.25, -0.2) is 4.39 Å². The normalized spacial score (nSPS) is 34.1. The summed E-state index contributed by atoms with van der Waals surface area (Å²) in [6.07, 6.45) is 7.80. The Morgan fingerprint density at radius 2 is 1.72 bits per heavy atom. The van der Waals surface area contributed by atoms with Gasteiger partial charge in [0.15, 0.2) is 6.04 Å². The zero-order valence-corrected chi connectivity index (χ0v) is 15.1. The van der Waals surface area contributed by atoms with Gasteiger partial charge in [0.2, 0.25) is 0 Å². The van der Waals surface area contributed by atoms with Crippen molar-refractivity contribution in [3.8, 4) is 0 Å². The third-order valence-electron chi connectivity index (χ3n) is 6.85. The summed E-state index contributed by atoms with van der Waals surface area (Å²) in [6.45, 7) is 2.66. The highest BCUT2D eigenvalue weighted by Gasteiger charge is 2.50. The number of carbonyl (C=O) groups excluding carboxylic acids is 1. The minimum absolute atomic E-state index is 0.0178. The molecule has 4 aliphatic carbocycles. The van der Waals surface area contributed by atoms with Gasteiger partial charge in [-0.1, -0.05) is 12.1 Å². The van der Waals surface area contributed by atoms with Gasteiger partial charge in [-0.05, 0) is 75.0 Å². The Morgan fingerprint density at radius 1 is 1.12 bits per heavy atom. The fraction of sp³-hybridized carbons (Fsp3) is 0.667. The second-order valence-corrected chi connectivity index (χ2v) is 8.66. The number of nitrogens with two attached hydrogens (primary N) is 1. The topological polar surface area (TPSA) is 45.7 Å². The van der Waals surface area contributed by atoms with Crippen molar-refractivity contribution < 1.29 is 14.5 Å². The largest absolute Gasteiger partial charge is 0.351 e. The van der Waals surface area contributed by atoms with Crippen molar-refractivity contribution >= 4 is 5.91 Å². The maximum Gasteiger partial charge on any atom is 0.277 e. The third kappa shape index (κ3) is 3.74. The molecule has 1 atom stereocenters. The molecule has 0 heterocycles. The van der Waals surface area contributed by atoms with Crippen LogP contribution in [0.2, 0.25) is 0 Å². The molecule has 4 heteroatoms. The standard InChI is InChI=1S/C21H29FN2O/c1-13(21(25)23-7-6-14-2-4-19(22)5-3-14)24-20-17-9-15-8-16(11-17)12-18(20)10-15/h2-5,13,15-18,20,24H,6-12H2,1H3,(H,23,25)/p+1/t13-,15?,16?,17?,18?,20?/m0/s1. The number of amides is 1. The first-order valence-corrected chi connectivity index (χ1v) is 9.95. The quantitative estimate of drug-likeness (QED) is 0.816. The second-order valence-electron chi connectivity index (χ2n) is 8.66. The minimum Gasteiger partial charge on any atom is -0.351 e. The fourth-order valence-electron chi connectivity index (χ4n) is 5.84. The first-order chi connectivity index (χ1) is 12.1. The van der Waals surface area contributed by atoms with Crippen LogP contribution in [0, 0.1) is 29.5 Å². The smallest absolute Gasteiger partial charge is 0.277 e. The van der Waals surface area contributed by atoms with E-state index in [1.807, 2.05) is 6.92 Å². The Kier molecular flexibility index (Phi) is 4.81. The predicted octanol–water partition coefficient (Wildman–Crippen LogP) is 2.26. The van der Waals surface area contributed by atoms with Crippen LogP contribution in [0.15, 0.2) is 24.3 Å². The summed E-state index contributed by atoms with van der Waals surface area (Å²) in [5.74, 6) is 3.55. The summed E-state index contributed by atoms with van der Waals surface area (Å²) < 4.78 is 12.9. The van der Waals surface area contributed by atoms with Gasteiger partial charge in [-0.3, -0.25) is 4.79 Å². The molecule has 0 radical (unpaired) electrons. The first kappa shape index (κ1) is 17.0. The predicted molar refractivity (Wildman–Crippen MR) is 95.3 cm³/mol. The van der Waals surface area contributed by atoms with Gasteiger partial charge >= 0.3 is 0 Å². The van der Waals surface area contributed by atoms with Gasteiger partial charge in [0.05, 0.1) is 6.04 Å². The Labute approximate surface area is 149 Å². The summed E-state index contributed by atoms with van der Waals surface area (Å²) in [7, 11) is 0. The van der Waals surface area contributed by atoms with E-state index in [2.05, 4.69) is 10.6 Å². The molecule has 1 amide bonds. The maximum atomic E-state index is 12.9. The van der Waals surface area contributed by atoms with Gasteiger partial charge in [-0.15, -0.1) is 0 Å². The number of benzene rings is 1. The van der Waals surface area contributed by atoms with Crippen molar-refractivity contribution in [2.75, 3.05) is 6.54 Å². The van der Waals surface area contributed by atoms with Crippen LogP contribution < -0.4 is 10.6 Å². The van der Waals surface area contributed by atoms with E-state index in [0.717, 1.165) is 35.7 Å². The molecule has 0 spiro atoms. The second kappa shape index (κ2) is 7.06. The molecule has 4 fully saturated rings. The van der Waals surface area contributed by atoms with Crippen LogP contribution in [0.5, 0.6) is 0 Å². The molecule has 0 aromatic heterocycles. The SMILES string of the molecule is C[C@H]([NH2+]C1C2CC3CC(C2)CC1C3)C(=O)NCCc1ccc(F)cc1. The van der Waals surface area contributed by atoms with Crippen LogP contribution in [0.25, 0.3) is 0 Å². The van der Waals surface area contributed by atoms with Crippen LogP contribution in [0.4, 0.5) is 4.39 Å². The zero-order chi connectivity index (χ0) is 17.4. The Bertz CT molecular complexity index is 587. The molecule has 25 heavy (non-hydrogen) atoms. The first-order valence-electron chi connectivity index (χ1n) is 9.95. The molecular formula is C21H30FN2O+. The molecule has 4 bridgehead atoms. The molecule has 0 saturated heterocycles. The highest BCUT2D eigenvalue weighted by atomic mass is 19.1. The maximum absolute atomic E-state index is 12.9. The number of hydrogen-bond acceptors (Lipinski definition) is 1. The molecule has 3 N–H and O–H groups in total. The van der Waals surface area contributed by atoms with Crippen molar-refractivity contribution in [2.24, 2.45) is 23.7 Å². The Morgan fingerprint density at radius 3 is 2.32 bits per heavy atom. The molecule has 1 aromatic carbocycles. The molecule has 5 rings (SSSR count). The summed E-state index contributed by atoms with van der Waals surface area (Å²) in [6, 6.07) is 7.15. The van der Waals surface area contributed by atoms with Crippen molar-refractivity contribution in [2.45, 2.75) is 57.5 Å². The molecule has 136 valence electrons. The van der Waals surface area contributed by atoms with E-state index in [1.54, 1.807) is 12.1 Å². The van der Waals surface area contributed by atoms with E-state index in [0.29, 0.717) is 12.6 Å². The van der Waals surface area contributed by atoms with Crippen molar-refractivity contribution in [1.82, 2.24) is 5.32 Å². The number of halogens is 1. The lowest BCUT2D eigenvalue weighted by molar-refractivity contribution is -0.725. The monoisotopic (exact) mass is 345 g/mol. The minimum atomic E-state index is -0.216. The van der Waals surface area contributed by atoms with E-state index >= 15 is 0 Å². The van der Waals surface area contributed by atoms with E-state index in [-0.39, 0.29) is 17.8 Å². The van der Waals surface area contributed by atoms with Crippen molar-refractivity contribution in [3.63, 3.8) is 0 Å². The average Bonchev–Trinajstić information content (AvgIpc) is 2.59. The zero-order valence-electron chi connectivity index (χ0n) is 15.1. The number of rotatable bonds is 6. The average molecular weight is 345 g/mol. The fourth-order valence-corrected chi connectivity index (χ4v) is 5.84. The lowest BCUT2D eigenvalue weighted by Crippen LogP contribution is -3.00. The van der Waals surface area contributed by atoms with Crippen molar-refractivity contribution in [3.05, 3.63) is 35.6 Å². The number of nitrogens with one attached hydrogen (secondary N) is 1. The van der Waals surface area contributed by atoms with Crippen LogP contribution >= 0.6 is 0 Å². The molecule has 0 unspecified atom stereocenters. The third-order valence-corrected chi connectivity index (χ3v) is 6.85. The highest BCUT2D eigenvalue weighted by Crippen LogP contribution is 2.52. The van der Waals surface area contributed by atoms with Crippen LogP contribution in [0.3, 0.4) is 0 Å². The number of carbonyl (C=O) groups is 1. The Hall–Kier alpha value is -1.42. The number of hydrogen-bond donors (Lipinski definition) is 2. The summed E-state index contributed by atoms with van der Waals surface area (Å²) in [4.78, 5) is 12.5. The van der Waals surface area contributed by atoms with Gasteiger partial charge in [-0.2, -0.15) is 0 Å². The van der Waals surface area contributed by atoms with Gasteiger partial charge in [0.25, 0.3) is 5.91 Å². The van der Waals surface area contributed by atoms with Gasteiger partial charge < -0.3 is 10.6 Å².